The number of hydrogen-bond acceptors (Lipinski definition) is 7. The topological polar surface area (TPSA) is 121 Å². The number of hydrogen-bond donors (Lipinski definition) is 1. The van der Waals surface area contributed by atoms with Crippen molar-refractivity contribution in [3.63, 3.8) is 0 Å². The molecule has 184 valence electrons. The maximum Gasteiger partial charge on any atom is 0.255 e. The Morgan fingerprint density at radius 3 is 2.83 bits per heavy atom. The van der Waals surface area contributed by atoms with Gasteiger partial charge in [0, 0.05) is 25.1 Å². The molecule has 4 aliphatic heterocycles. The minimum Gasteiger partial charge on any atom is -0.491 e. The lowest BCUT2D eigenvalue weighted by molar-refractivity contribution is -0.137. The van der Waals surface area contributed by atoms with Gasteiger partial charge in [0.25, 0.3) is 5.91 Å². The van der Waals surface area contributed by atoms with Crippen LogP contribution in [0.4, 0.5) is 0 Å². The van der Waals surface area contributed by atoms with E-state index in [0.717, 1.165) is 36.4 Å². The molecule has 0 saturated carbocycles. The van der Waals surface area contributed by atoms with Crippen molar-refractivity contribution in [2.75, 3.05) is 19.7 Å². The summed E-state index contributed by atoms with van der Waals surface area (Å²) in [6, 6.07) is 4.66. The summed E-state index contributed by atoms with van der Waals surface area (Å²) in [6.45, 7) is 3.71. The van der Waals surface area contributed by atoms with Crippen LogP contribution in [-0.2, 0) is 20.9 Å². The lowest BCUT2D eigenvalue weighted by Gasteiger charge is -2.35. The number of benzene rings is 1. The van der Waals surface area contributed by atoms with Crippen molar-refractivity contribution in [2.24, 2.45) is 9.98 Å². The molecule has 4 heterocycles. The van der Waals surface area contributed by atoms with Gasteiger partial charge >= 0.3 is 0 Å². The molecule has 2 fully saturated rings. The van der Waals surface area contributed by atoms with Crippen LogP contribution < -0.4 is 10.1 Å². The van der Waals surface area contributed by atoms with Crippen LogP contribution in [0, 0.1) is 0 Å². The van der Waals surface area contributed by atoms with E-state index in [1.54, 1.807) is 12.1 Å². The van der Waals surface area contributed by atoms with Crippen molar-refractivity contribution in [2.45, 2.75) is 64.1 Å². The van der Waals surface area contributed by atoms with Crippen LogP contribution in [0.2, 0.25) is 0 Å². The number of rotatable bonds is 6. The number of carbonyl (C=O) groups excluding carboxylic acids is 4. The van der Waals surface area contributed by atoms with E-state index < -0.39 is 11.9 Å². The number of imide groups is 1. The fraction of sp³-hybridized carbons (Fsp3) is 0.520. The third kappa shape index (κ3) is 4.82. The number of piperidine rings is 2. The monoisotopic (exact) mass is 479 g/mol. The normalized spacial score (nSPS) is 24.2. The second-order valence-corrected chi connectivity index (χ2v) is 9.48. The molecule has 0 bridgehead atoms. The molecule has 0 spiro atoms. The number of nitrogens with zero attached hydrogens (tertiary/aromatic N) is 4. The molecule has 1 aromatic rings. The molecular formula is C25H29N5O5. The molecule has 1 N–H and O–H groups in total. The molecule has 0 radical (unpaired) electrons. The van der Waals surface area contributed by atoms with E-state index in [9.17, 15) is 19.2 Å². The van der Waals surface area contributed by atoms with Crippen molar-refractivity contribution in [1.82, 2.24) is 15.1 Å². The summed E-state index contributed by atoms with van der Waals surface area (Å²) >= 11 is 0. The molecule has 2 atom stereocenters. The van der Waals surface area contributed by atoms with Crippen molar-refractivity contribution in [3.05, 3.63) is 29.3 Å². The number of carbonyl (C=O) groups is 4. The van der Waals surface area contributed by atoms with Crippen molar-refractivity contribution < 1.29 is 23.9 Å². The highest BCUT2D eigenvalue weighted by atomic mass is 16.5. The fourth-order valence-corrected chi connectivity index (χ4v) is 5.21. The van der Waals surface area contributed by atoms with E-state index in [2.05, 4.69) is 15.3 Å². The standard InChI is InChI=1S/C25H29N5O5/c1-15-26-12-17(27-15)11-23(32)29-9-3-2-4-18(29)14-35-19-5-6-20-16(10-19)13-30(25(20)34)21-7-8-22(31)28-24(21)33/h5-6,10,18,21H,2-4,7-9,11-14H2,1H3,(H,28,31,33)/t18-,21?/m1/s1. The second-order valence-electron chi connectivity index (χ2n) is 9.48. The van der Waals surface area contributed by atoms with Crippen LogP contribution in [0.3, 0.4) is 0 Å². The number of aliphatic imine (C=N–C) groups is 2. The van der Waals surface area contributed by atoms with Crippen LogP contribution in [0.25, 0.3) is 0 Å². The highest BCUT2D eigenvalue weighted by Crippen LogP contribution is 2.30. The molecule has 1 unspecified atom stereocenters. The molecule has 10 heteroatoms. The maximum atomic E-state index is 12.9. The Morgan fingerprint density at radius 1 is 1.20 bits per heavy atom. The van der Waals surface area contributed by atoms with Crippen LogP contribution in [-0.4, -0.2) is 76.8 Å². The Kier molecular flexibility index (Phi) is 6.36. The predicted molar refractivity (Wildman–Crippen MR) is 127 cm³/mol. The Hall–Kier alpha value is -3.56. The van der Waals surface area contributed by atoms with Crippen molar-refractivity contribution >= 4 is 35.2 Å². The van der Waals surface area contributed by atoms with Gasteiger partial charge in [0.15, 0.2) is 0 Å². The van der Waals surface area contributed by atoms with Gasteiger partial charge in [-0.2, -0.15) is 0 Å². The van der Waals surface area contributed by atoms with Gasteiger partial charge in [0.1, 0.15) is 24.2 Å². The molecule has 5 rings (SSSR count). The van der Waals surface area contributed by atoms with Crippen LogP contribution >= 0.6 is 0 Å². The lowest BCUT2D eigenvalue weighted by atomic mass is 10.0. The molecule has 10 nitrogen and oxygen atoms in total. The zero-order valence-corrected chi connectivity index (χ0v) is 19.8. The van der Waals surface area contributed by atoms with Crippen LogP contribution in [0.1, 0.15) is 61.4 Å². The first-order chi connectivity index (χ1) is 16.9. The first kappa shape index (κ1) is 23.2. The van der Waals surface area contributed by atoms with E-state index in [1.165, 1.54) is 4.90 Å². The van der Waals surface area contributed by atoms with Gasteiger partial charge in [-0.15, -0.1) is 0 Å². The summed E-state index contributed by atoms with van der Waals surface area (Å²) in [5.41, 5.74) is 2.15. The fourth-order valence-electron chi connectivity index (χ4n) is 5.21. The first-order valence-corrected chi connectivity index (χ1v) is 12.2. The van der Waals surface area contributed by atoms with Crippen LogP contribution in [0.15, 0.2) is 28.2 Å². The predicted octanol–water partition coefficient (Wildman–Crippen LogP) is 1.47. The Bertz CT molecular complexity index is 1140. The molecule has 4 amide bonds. The average Bonchev–Trinajstić information content (AvgIpc) is 3.40. The maximum absolute atomic E-state index is 12.9. The van der Waals surface area contributed by atoms with E-state index in [1.807, 2.05) is 17.9 Å². The minimum atomic E-state index is -0.641. The van der Waals surface area contributed by atoms with Gasteiger partial charge in [-0.05, 0) is 56.4 Å². The summed E-state index contributed by atoms with van der Waals surface area (Å²) < 4.78 is 6.09. The third-order valence-electron chi connectivity index (χ3n) is 7.05. The van der Waals surface area contributed by atoms with Gasteiger partial charge in [-0.3, -0.25) is 29.5 Å². The van der Waals surface area contributed by atoms with Gasteiger partial charge in [-0.1, -0.05) is 0 Å². The number of amidine groups is 1. The van der Waals surface area contributed by atoms with Crippen LogP contribution in [0.5, 0.6) is 5.75 Å². The highest BCUT2D eigenvalue weighted by molar-refractivity contribution is 6.10. The van der Waals surface area contributed by atoms with E-state index in [-0.39, 0.29) is 36.6 Å². The van der Waals surface area contributed by atoms with Gasteiger partial charge in [-0.25, -0.2) is 4.99 Å². The van der Waals surface area contributed by atoms with E-state index >= 15 is 0 Å². The highest BCUT2D eigenvalue weighted by Gasteiger charge is 2.39. The van der Waals surface area contributed by atoms with E-state index in [0.29, 0.717) is 44.0 Å². The Balaban J connectivity index is 1.21. The SMILES string of the molecule is CC1=NCC(CC(=O)N2CCCC[C@@H]2COc2ccc3c(c2)CN(C2CCC(=O)NC2=O)C3=O)=N1. The second kappa shape index (κ2) is 9.59. The van der Waals surface area contributed by atoms with Gasteiger partial charge in [0.2, 0.25) is 17.7 Å². The number of amides is 4. The zero-order chi connectivity index (χ0) is 24.5. The molecule has 0 aliphatic carbocycles. The molecule has 35 heavy (non-hydrogen) atoms. The van der Waals surface area contributed by atoms with E-state index in [4.69, 9.17) is 4.74 Å². The van der Waals surface area contributed by atoms with Gasteiger partial charge < -0.3 is 14.5 Å². The van der Waals surface area contributed by atoms with Crippen molar-refractivity contribution in [1.29, 1.82) is 0 Å². The lowest BCUT2D eigenvalue weighted by Crippen LogP contribution is -2.52. The molecule has 0 aromatic heterocycles. The number of ether oxygens (including phenoxy) is 1. The smallest absolute Gasteiger partial charge is 0.255 e. The summed E-state index contributed by atoms with van der Waals surface area (Å²) in [6.07, 6.45) is 3.73. The first-order valence-electron chi connectivity index (χ1n) is 12.2. The minimum absolute atomic E-state index is 0.0184. The quantitative estimate of drug-likeness (QED) is 0.620. The Morgan fingerprint density at radius 2 is 2.06 bits per heavy atom. The number of nitrogens with one attached hydrogen (secondary N) is 1. The summed E-state index contributed by atoms with van der Waals surface area (Å²) in [5, 5.41) is 2.32. The van der Waals surface area contributed by atoms with Crippen molar-refractivity contribution in [3.8, 4) is 5.75 Å². The summed E-state index contributed by atoms with van der Waals surface area (Å²) in [7, 11) is 0. The van der Waals surface area contributed by atoms with Gasteiger partial charge in [0.05, 0.1) is 24.7 Å². The summed E-state index contributed by atoms with van der Waals surface area (Å²) in [5.74, 6) is 0.467. The largest absolute Gasteiger partial charge is 0.491 e. The number of likely N-dealkylation sites (tertiary alicyclic amines) is 1. The molecular weight excluding hydrogens is 450 g/mol. The molecule has 2 saturated heterocycles. The zero-order valence-electron chi connectivity index (χ0n) is 19.8. The number of fused-ring (bicyclic) bond motifs is 1. The molecule has 4 aliphatic rings. The molecule has 1 aromatic carbocycles. The Labute approximate surface area is 203 Å². The third-order valence-corrected chi connectivity index (χ3v) is 7.05. The summed E-state index contributed by atoms with van der Waals surface area (Å²) in [4.78, 5) is 61.5. The average molecular weight is 480 g/mol.